The van der Waals surface area contributed by atoms with Gasteiger partial charge in [-0.25, -0.2) is 32.9 Å². The van der Waals surface area contributed by atoms with Crippen molar-refractivity contribution in [1.29, 1.82) is 0 Å². The van der Waals surface area contributed by atoms with E-state index in [-0.39, 0.29) is 11.4 Å². The molecule has 4 aromatic rings. The van der Waals surface area contributed by atoms with Crippen molar-refractivity contribution in [2.45, 2.75) is 11.8 Å². The summed E-state index contributed by atoms with van der Waals surface area (Å²) in [5, 5.41) is 6.18. The number of nitrogens with one attached hydrogen (secondary N) is 3. The molecule has 0 aliphatic rings. The Labute approximate surface area is 183 Å². The predicted octanol–water partition coefficient (Wildman–Crippen LogP) is 1.76. The van der Waals surface area contributed by atoms with Crippen molar-refractivity contribution in [2.24, 2.45) is 7.05 Å². The van der Waals surface area contributed by atoms with Gasteiger partial charge < -0.3 is 15.1 Å². The first-order chi connectivity index (χ1) is 15.3. The van der Waals surface area contributed by atoms with Crippen LogP contribution in [0.1, 0.15) is 5.82 Å². The smallest absolute Gasteiger partial charge is 0.408 e. The maximum atomic E-state index is 12.6. The number of fused-ring (bicyclic) bond motifs is 1. The highest BCUT2D eigenvalue weighted by molar-refractivity contribution is 7.89. The normalized spacial score (nSPS) is 11.6. The van der Waals surface area contributed by atoms with Gasteiger partial charge in [-0.2, -0.15) is 0 Å². The van der Waals surface area contributed by atoms with E-state index in [0.29, 0.717) is 40.9 Å². The van der Waals surface area contributed by atoms with Gasteiger partial charge in [0.2, 0.25) is 10.0 Å². The van der Waals surface area contributed by atoms with Gasteiger partial charge in [-0.1, -0.05) is 6.07 Å². The number of sulfonamides is 1. The fraction of sp³-hybridized carbons (Fsp3) is 0.200. The number of oxazole rings is 1. The first kappa shape index (κ1) is 21.5. The molecule has 3 N–H and O–H groups in total. The lowest BCUT2D eigenvalue weighted by Crippen LogP contribution is -2.29. The molecule has 0 spiro atoms. The molecule has 0 aliphatic carbocycles. The number of nitrogens with zero attached hydrogens (tertiary/aromatic N) is 4. The lowest BCUT2D eigenvalue weighted by molar-refractivity contribution is 0.528. The third-order valence-electron chi connectivity index (χ3n) is 4.56. The maximum absolute atomic E-state index is 12.6. The van der Waals surface area contributed by atoms with Gasteiger partial charge in [-0.15, -0.1) is 0 Å². The van der Waals surface area contributed by atoms with Crippen LogP contribution in [0.2, 0.25) is 0 Å². The van der Waals surface area contributed by atoms with Crippen LogP contribution >= 0.6 is 0 Å². The van der Waals surface area contributed by atoms with Gasteiger partial charge in [0.1, 0.15) is 23.3 Å². The highest BCUT2D eigenvalue weighted by Crippen LogP contribution is 2.18. The van der Waals surface area contributed by atoms with Crippen LogP contribution < -0.4 is 21.1 Å². The molecule has 0 saturated carbocycles. The largest absolute Gasteiger partial charge is 0.419 e. The molecule has 1 aromatic carbocycles. The maximum Gasteiger partial charge on any atom is 0.419 e. The molecule has 0 bridgehead atoms. The van der Waals surface area contributed by atoms with Crippen molar-refractivity contribution in [3.8, 4) is 0 Å². The number of pyridine rings is 1. The summed E-state index contributed by atoms with van der Waals surface area (Å²) in [5.74, 6) is 1.76. The highest BCUT2D eigenvalue weighted by Gasteiger charge is 2.16. The van der Waals surface area contributed by atoms with Crippen LogP contribution in [0.4, 0.5) is 17.5 Å². The topological polar surface area (TPSA) is 144 Å². The molecule has 4 rings (SSSR count). The van der Waals surface area contributed by atoms with E-state index < -0.39 is 15.8 Å². The third kappa shape index (κ3) is 4.76. The summed E-state index contributed by atoms with van der Waals surface area (Å²) in [6.45, 7) is 2.18. The zero-order valence-electron chi connectivity index (χ0n) is 17.4. The van der Waals surface area contributed by atoms with Crippen LogP contribution in [0, 0.1) is 6.92 Å². The zero-order chi connectivity index (χ0) is 22.7. The number of benzene rings is 1. The molecule has 0 amide bonds. The molecule has 11 nitrogen and oxygen atoms in total. The summed E-state index contributed by atoms with van der Waals surface area (Å²) < 4.78 is 34.0. The summed E-state index contributed by atoms with van der Waals surface area (Å²) in [7, 11) is -2.25. The first-order valence-electron chi connectivity index (χ1n) is 9.69. The molecule has 0 radical (unpaired) electrons. The van der Waals surface area contributed by atoms with Crippen molar-refractivity contribution in [2.75, 3.05) is 23.7 Å². The molecule has 12 heteroatoms. The molecule has 0 atom stereocenters. The van der Waals surface area contributed by atoms with Crippen LogP contribution in [-0.2, 0) is 17.1 Å². The van der Waals surface area contributed by atoms with Gasteiger partial charge in [0.15, 0.2) is 5.58 Å². The fourth-order valence-electron chi connectivity index (χ4n) is 3.02. The molecule has 166 valence electrons. The van der Waals surface area contributed by atoms with Gasteiger partial charge in [-0.05, 0) is 37.3 Å². The van der Waals surface area contributed by atoms with Crippen LogP contribution in [-0.4, -0.2) is 41.0 Å². The van der Waals surface area contributed by atoms with Crippen molar-refractivity contribution >= 4 is 38.6 Å². The second-order valence-electron chi connectivity index (χ2n) is 6.91. The average molecular weight is 456 g/mol. The van der Waals surface area contributed by atoms with E-state index in [4.69, 9.17) is 4.42 Å². The monoisotopic (exact) mass is 455 g/mol. The van der Waals surface area contributed by atoms with E-state index in [2.05, 4.69) is 30.3 Å². The third-order valence-corrected chi connectivity index (χ3v) is 6.01. The molecule has 32 heavy (non-hydrogen) atoms. The van der Waals surface area contributed by atoms with Crippen LogP contribution in [0.5, 0.6) is 0 Å². The summed E-state index contributed by atoms with van der Waals surface area (Å²) in [4.78, 5) is 24.5. The van der Waals surface area contributed by atoms with E-state index in [1.165, 1.54) is 29.8 Å². The minimum Gasteiger partial charge on any atom is -0.408 e. The summed E-state index contributed by atoms with van der Waals surface area (Å²) in [6, 6.07) is 11.5. The Morgan fingerprint density at radius 3 is 2.62 bits per heavy atom. The SMILES string of the molecule is Cc1nc(NCCNS(=O)(=O)c2ccc3oc(=O)n(C)c3c2)cc(Nc2ccccn2)n1. The van der Waals surface area contributed by atoms with Crippen molar-refractivity contribution in [3.05, 3.63) is 65.0 Å². The predicted molar refractivity (Wildman–Crippen MR) is 119 cm³/mol. The lowest BCUT2D eigenvalue weighted by Gasteiger charge is -2.11. The van der Waals surface area contributed by atoms with E-state index in [1.807, 2.05) is 18.2 Å². The van der Waals surface area contributed by atoms with Crippen LogP contribution in [0.15, 0.2) is 62.8 Å². The Kier molecular flexibility index (Phi) is 5.88. The van der Waals surface area contributed by atoms with Crippen molar-refractivity contribution in [3.63, 3.8) is 0 Å². The second kappa shape index (κ2) is 8.77. The Bertz CT molecular complexity index is 1420. The standard InChI is InChI=1S/C20H21N7O4S/c1-13-24-18(12-19(25-13)26-17-5-3-4-8-21-17)22-9-10-23-32(29,30)14-6-7-16-15(11-14)27(2)20(28)31-16/h3-8,11-12,23H,9-10H2,1-2H3,(H2,21,22,24,25,26). The molecule has 3 aromatic heterocycles. The molecule has 0 fully saturated rings. The van der Waals surface area contributed by atoms with Gasteiger partial charge >= 0.3 is 5.76 Å². The van der Waals surface area contributed by atoms with Crippen molar-refractivity contribution < 1.29 is 12.8 Å². The van der Waals surface area contributed by atoms with E-state index in [0.717, 1.165) is 0 Å². The van der Waals surface area contributed by atoms with E-state index in [1.54, 1.807) is 19.2 Å². The Morgan fingerprint density at radius 1 is 1.03 bits per heavy atom. The molecule has 0 aliphatic heterocycles. The van der Waals surface area contributed by atoms with Gasteiger partial charge in [0, 0.05) is 32.4 Å². The Morgan fingerprint density at radius 2 is 1.84 bits per heavy atom. The lowest BCUT2D eigenvalue weighted by atomic mass is 10.3. The Hall–Kier alpha value is -3.77. The second-order valence-corrected chi connectivity index (χ2v) is 8.67. The molecule has 0 saturated heterocycles. The minimum absolute atomic E-state index is 0.0427. The number of hydrogen-bond acceptors (Lipinski definition) is 9. The summed E-state index contributed by atoms with van der Waals surface area (Å²) in [5.41, 5.74) is 0.729. The molecular weight excluding hydrogens is 434 g/mol. The Balaban J connectivity index is 1.38. The molecular formula is C20H21N7O4S. The van der Waals surface area contributed by atoms with Crippen LogP contribution in [0.25, 0.3) is 11.1 Å². The van der Waals surface area contributed by atoms with Crippen molar-refractivity contribution in [1.82, 2.24) is 24.2 Å². The number of rotatable bonds is 8. The highest BCUT2D eigenvalue weighted by atomic mass is 32.2. The summed E-state index contributed by atoms with van der Waals surface area (Å²) >= 11 is 0. The van der Waals surface area contributed by atoms with E-state index in [9.17, 15) is 13.2 Å². The first-order valence-corrected chi connectivity index (χ1v) is 11.2. The molecule has 0 unspecified atom stereocenters. The fourth-order valence-corrected chi connectivity index (χ4v) is 4.07. The van der Waals surface area contributed by atoms with Gasteiger partial charge in [-0.3, -0.25) is 4.57 Å². The summed E-state index contributed by atoms with van der Waals surface area (Å²) in [6.07, 6.45) is 1.67. The zero-order valence-corrected chi connectivity index (χ0v) is 18.2. The molecule has 3 heterocycles. The van der Waals surface area contributed by atoms with Gasteiger partial charge in [0.25, 0.3) is 0 Å². The van der Waals surface area contributed by atoms with Crippen LogP contribution in [0.3, 0.4) is 0 Å². The number of anilines is 3. The number of hydrogen-bond donors (Lipinski definition) is 3. The number of aryl methyl sites for hydroxylation is 2. The average Bonchev–Trinajstić information content (AvgIpc) is 3.05. The minimum atomic E-state index is -3.77. The van der Waals surface area contributed by atoms with Gasteiger partial charge in [0.05, 0.1) is 10.4 Å². The number of aromatic nitrogens is 4. The van der Waals surface area contributed by atoms with E-state index >= 15 is 0 Å². The quantitative estimate of drug-likeness (QED) is 0.338.